The lowest BCUT2D eigenvalue weighted by atomic mass is 9.47. The van der Waals surface area contributed by atoms with Crippen LogP contribution in [0.2, 0.25) is 0 Å². The van der Waals surface area contributed by atoms with Crippen molar-refractivity contribution in [3.63, 3.8) is 0 Å². The van der Waals surface area contributed by atoms with Crippen molar-refractivity contribution >= 4 is 6.29 Å². The number of hydrogen-bond acceptors (Lipinski definition) is 1. The van der Waals surface area contributed by atoms with Gasteiger partial charge in [0.15, 0.2) is 0 Å². The number of carbonyl (C=O) groups is 1. The summed E-state index contributed by atoms with van der Waals surface area (Å²) in [6, 6.07) is 0. The summed E-state index contributed by atoms with van der Waals surface area (Å²) in [4.78, 5) is 12.2. The largest absolute Gasteiger partial charge is 0.302 e. The maximum Gasteiger partial charge on any atom is 0.130 e. The van der Waals surface area contributed by atoms with Crippen LogP contribution in [0.1, 0.15) is 78.1 Å². The average molecular weight is 300 g/mol. The fourth-order valence-corrected chi connectivity index (χ4v) is 7.38. The van der Waals surface area contributed by atoms with Crippen LogP contribution < -0.4 is 0 Å². The minimum absolute atomic E-state index is 0.0488. The van der Waals surface area contributed by atoms with E-state index in [0.29, 0.717) is 11.3 Å². The Bertz CT molecular complexity index is 492. The maximum atomic E-state index is 12.2. The van der Waals surface area contributed by atoms with Crippen LogP contribution in [0.3, 0.4) is 0 Å². The van der Waals surface area contributed by atoms with Gasteiger partial charge in [-0.2, -0.15) is 0 Å². The van der Waals surface area contributed by atoms with Crippen LogP contribution in [-0.4, -0.2) is 6.29 Å². The van der Waals surface area contributed by atoms with Crippen molar-refractivity contribution in [1.82, 2.24) is 0 Å². The third-order valence-corrected chi connectivity index (χ3v) is 8.52. The Morgan fingerprint density at radius 2 is 2.05 bits per heavy atom. The molecule has 122 valence electrons. The lowest BCUT2D eigenvalue weighted by Gasteiger charge is -2.56. The zero-order valence-corrected chi connectivity index (χ0v) is 14.4. The summed E-state index contributed by atoms with van der Waals surface area (Å²) in [6.45, 7) is 4.97. The van der Waals surface area contributed by atoms with Crippen LogP contribution >= 0.6 is 0 Å². The molecule has 3 fully saturated rings. The number of rotatable bonds is 2. The van der Waals surface area contributed by atoms with E-state index in [1.165, 1.54) is 69.6 Å². The van der Waals surface area contributed by atoms with Gasteiger partial charge in [-0.25, -0.2) is 0 Å². The second-order valence-corrected chi connectivity index (χ2v) is 8.93. The summed E-state index contributed by atoms with van der Waals surface area (Å²) in [5, 5.41) is 0. The number of fused-ring (bicyclic) bond motifs is 5. The van der Waals surface area contributed by atoms with E-state index >= 15 is 0 Å². The molecule has 0 saturated heterocycles. The quantitative estimate of drug-likeness (QED) is 0.483. The Balaban J connectivity index is 1.70. The van der Waals surface area contributed by atoms with Gasteiger partial charge in [-0.15, -0.1) is 0 Å². The minimum Gasteiger partial charge on any atom is -0.302 e. The minimum atomic E-state index is -0.0488. The highest BCUT2D eigenvalue weighted by Crippen LogP contribution is 2.66. The van der Waals surface area contributed by atoms with Gasteiger partial charge in [-0.05, 0) is 80.5 Å². The molecule has 4 aliphatic carbocycles. The molecule has 0 N–H and O–H groups in total. The van der Waals surface area contributed by atoms with E-state index in [2.05, 4.69) is 19.9 Å². The lowest BCUT2D eigenvalue weighted by molar-refractivity contribution is -0.125. The Hall–Kier alpha value is -0.590. The van der Waals surface area contributed by atoms with Crippen LogP contribution in [0, 0.1) is 34.5 Å². The first kappa shape index (κ1) is 15.0. The van der Waals surface area contributed by atoms with Gasteiger partial charge in [0.2, 0.25) is 0 Å². The van der Waals surface area contributed by atoms with E-state index in [1.807, 2.05) is 0 Å². The third-order valence-electron chi connectivity index (χ3n) is 8.52. The van der Waals surface area contributed by atoms with E-state index < -0.39 is 0 Å². The van der Waals surface area contributed by atoms with E-state index in [4.69, 9.17) is 0 Å². The summed E-state index contributed by atoms with van der Waals surface area (Å²) in [5.74, 6) is 3.27. The van der Waals surface area contributed by atoms with E-state index in [0.717, 1.165) is 24.2 Å². The molecule has 0 aromatic carbocycles. The maximum absolute atomic E-state index is 12.2. The highest BCUT2D eigenvalue weighted by Gasteiger charge is 2.58. The molecule has 1 nitrogen and oxygen atoms in total. The van der Waals surface area contributed by atoms with Gasteiger partial charge in [-0.3, -0.25) is 0 Å². The van der Waals surface area contributed by atoms with Gasteiger partial charge in [0, 0.05) is 5.41 Å². The molecule has 0 radical (unpaired) electrons. The number of allylic oxidation sites excluding steroid dienone is 2. The first-order valence-electron chi connectivity index (χ1n) is 9.81. The Labute approximate surface area is 135 Å². The van der Waals surface area contributed by atoms with E-state index in [9.17, 15) is 4.79 Å². The van der Waals surface area contributed by atoms with Crippen molar-refractivity contribution in [3.05, 3.63) is 11.6 Å². The molecule has 0 bridgehead atoms. The average Bonchev–Trinajstić information content (AvgIpc) is 2.90. The van der Waals surface area contributed by atoms with Crippen LogP contribution in [0.4, 0.5) is 0 Å². The molecule has 0 heterocycles. The van der Waals surface area contributed by atoms with Crippen molar-refractivity contribution < 1.29 is 4.79 Å². The molecule has 4 aliphatic rings. The van der Waals surface area contributed by atoms with Crippen LogP contribution in [0.15, 0.2) is 11.6 Å². The van der Waals surface area contributed by atoms with Gasteiger partial charge in [-0.1, -0.05) is 38.3 Å². The predicted molar refractivity (Wildman–Crippen MR) is 90.5 cm³/mol. The van der Waals surface area contributed by atoms with Crippen molar-refractivity contribution in [2.75, 3.05) is 0 Å². The molecule has 4 rings (SSSR count). The number of carbonyl (C=O) groups excluding carboxylic acids is 1. The van der Waals surface area contributed by atoms with Gasteiger partial charge >= 0.3 is 0 Å². The molecule has 0 aliphatic heterocycles. The fraction of sp³-hybridized carbons (Fsp3) is 0.857. The van der Waals surface area contributed by atoms with Gasteiger partial charge in [0.05, 0.1) is 0 Å². The number of aldehydes is 1. The van der Waals surface area contributed by atoms with Gasteiger partial charge < -0.3 is 4.79 Å². The Morgan fingerprint density at radius 1 is 1.18 bits per heavy atom. The van der Waals surface area contributed by atoms with Gasteiger partial charge in [0.1, 0.15) is 6.29 Å². The number of hydrogen-bond donors (Lipinski definition) is 0. The smallest absolute Gasteiger partial charge is 0.130 e. The molecule has 1 heteroatoms. The van der Waals surface area contributed by atoms with Crippen molar-refractivity contribution in [3.8, 4) is 0 Å². The summed E-state index contributed by atoms with van der Waals surface area (Å²) >= 11 is 0. The zero-order chi connectivity index (χ0) is 15.4. The van der Waals surface area contributed by atoms with Crippen molar-refractivity contribution in [1.29, 1.82) is 0 Å². The normalized spacial score (nSPS) is 50.5. The zero-order valence-electron chi connectivity index (χ0n) is 14.4. The summed E-state index contributed by atoms with van der Waals surface area (Å²) < 4.78 is 0. The van der Waals surface area contributed by atoms with Gasteiger partial charge in [0.25, 0.3) is 0 Å². The van der Waals surface area contributed by atoms with Crippen LogP contribution in [0.25, 0.3) is 0 Å². The molecule has 6 atom stereocenters. The predicted octanol–water partition coefficient (Wildman–Crippen LogP) is 5.54. The Kier molecular flexibility index (Phi) is 3.55. The molecule has 0 spiro atoms. The second-order valence-electron chi connectivity index (χ2n) is 8.93. The van der Waals surface area contributed by atoms with Crippen LogP contribution in [0.5, 0.6) is 0 Å². The summed E-state index contributed by atoms with van der Waals surface area (Å²) in [7, 11) is 0. The summed E-state index contributed by atoms with van der Waals surface area (Å²) in [5.41, 5.74) is 2.05. The van der Waals surface area contributed by atoms with Crippen LogP contribution in [-0.2, 0) is 4.79 Å². The molecule has 3 saturated carbocycles. The third kappa shape index (κ3) is 1.80. The summed E-state index contributed by atoms with van der Waals surface area (Å²) in [6.07, 6.45) is 17.0. The first-order valence-corrected chi connectivity index (χ1v) is 9.81. The van der Waals surface area contributed by atoms with E-state index in [-0.39, 0.29) is 5.41 Å². The molecule has 0 aromatic rings. The molecule has 22 heavy (non-hydrogen) atoms. The lowest BCUT2D eigenvalue weighted by Crippen LogP contribution is -2.51. The molecular formula is C21H32O. The highest BCUT2D eigenvalue weighted by atomic mass is 16.1. The first-order chi connectivity index (χ1) is 10.7. The van der Waals surface area contributed by atoms with E-state index in [1.54, 1.807) is 0 Å². The van der Waals surface area contributed by atoms with Crippen molar-refractivity contribution in [2.45, 2.75) is 78.1 Å². The molecule has 0 amide bonds. The standard InChI is InChI=1S/C21H32O/c1-3-15-8-10-18-17-9-7-16-6-4-5-12-21(16,14-22)19(17)11-13-20(15,18)2/h7,14-15,17-19H,3-6,8-13H2,1-2H3/t15-,17-,18-,19-,20+,21+/m0/s1. The fourth-order valence-electron chi connectivity index (χ4n) is 7.38. The molecular weight excluding hydrogens is 268 g/mol. The molecule has 0 aromatic heterocycles. The topological polar surface area (TPSA) is 17.1 Å². The molecule has 0 unspecified atom stereocenters. The van der Waals surface area contributed by atoms with Crippen molar-refractivity contribution in [2.24, 2.45) is 34.5 Å². The highest BCUT2D eigenvalue weighted by molar-refractivity contribution is 5.67. The second kappa shape index (κ2) is 5.21. The Morgan fingerprint density at radius 3 is 2.82 bits per heavy atom. The SMILES string of the molecule is CC[C@H]1CC[C@H]2[C@@H]3CC=C4CCCC[C@]4(C=O)[C@H]3CC[C@]12C. The monoisotopic (exact) mass is 300 g/mol.